The van der Waals surface area contributed by atoms with E-state index >= 15 is 0 Å². The summed E-state index contributed by atoms with van der Waals surface area (Å²) in [6, 6.07) is 4.02. The van der Waals surface area contributed by atoms with Crippen LogP contribution < -0.4 is 15.4 Å². The zero-order valence-corrected chi connectivity index (χ0v) is 16.8. The van der Waals surface area contributed by atoms with Gasteiger partial charge in [0.1, 0.15) is 0 Å². The highest BCUT2D eigenvalue weighted by Gasteiger charge is 2.22. The van der Waals surface area contributed by atoms with Crippen molar-refractivity contribution >= 4 is 5.96 Å². The second kappa shape index (κ2) is 11.1. The number of hydrogen-bond donors (Lipinski definition) is 2. The Kier molecular flexibility index (Phi) is 8.21. The van der Waals surface area contributed by atoms with Gasteiger partial charge in [0.05, 0.1) is 6.61 Å². The zero-order chi connectivity index (χ0) is 18.7. The third-order valence-corrected chi connectivity index (χ3v) is 5.29. The van der Waals surface area contributed by atoms with Gasteiger partial charge in [-0.1, -0.05) is 18.9 Å². The topological polar surface area (TPSA) is 61.8 Å². The molecule has 0 unspecified atom stereocenters. The molecule has 2 N–H and O–H groups in total. The van der Waals surface area contributed by atoms with Crippen LogP contribution in [0.3, 0.4) is 0 Å². The number of aliphatic imine (C=N–C) groups is 1. The Morgan fingerprint density at radius 3 is 2.67 bits per heavy atom. The minimum atomic E-state index is 0.710. The third-order valence-electron chi connectivity index (χ3n) is 5.29. The van der Waals surface area contributed by atoms with E-state index in [1.54, 1.807) is 0 Å². The van der Waals surface area contributed by atoms with Gasteiger partial charge in [0.2, 0.25) is 5.88 Å². The molecule has 2 fully saturated rings. The highest BCUT2D eigenvalue weighted by atomic mass is 16.5. The number of aromatic nitrogens is 1. The van der Waals surface area contributed by atoms with Crippen molar-refractivity contribution < 1.29 is 4.74 Å². The van der Waals surface area contributed by atoms with Crippen molar-refractivity contribution in [2.45, 2.75) is 51.5 Å². The quantitative estimate of drug-likeness (QED) is 0.396. The Hall–Kier alpha value is -1.82. The van der Waals surface area contributed by atoms with Gasteiger partial charge in [0, 0.05) is 32.4 Å². The fourth-order valence-electron chi connectivity index (χ4n) is 3.36. The van der Waals surface area contributed by atoms with Gasteiger partial charge in [-0.25, -0.2) is 4.98 Å². The Bertz CT molecular complexity index is 562. The van der Waals surface area contributed by atoms with E-state index in [0.717, 1.165) is 42.9 Å². The Labute approximate surface area is 163 Å². The summed E-state index contributed by atoms with van der Waals surface area (Å²) in [6.07, 6.45) is 11.1. The molecule has 27 heavy (non-hydrogen) atoms. The molecule has 0 bridgehead atoms. The molecule has 6 nitrogen and oxygen atoms in total. The third kappa shape index (κ3) is 7.75. The zero-order valence-electron chi connectivity index (χ0n) is 16.8. The molecule has 1 aliphatic heterocycles. The van der Waals surface area contributed by atoms with E-state index in [1.807, 2.05) is 19.3 Å². The monoisotopic (exact) mass is 373 g/mol. The first-order valence-electron chi connectivity index (χ1n) is 10.6. The van der Waals surface area contributed by atoms with Crippen LogP contribution >= 0.6 is 0 Å². The van der Waals surface area contributed by atoms with E-state index in [9.17, 15) is 0 Å². The van der Waals surface area contributed by atoms with Crippen LogP contribution in [0, 0.1) is 5.92 Å². The number of guanidine groups is 1. The van der Waals surface area contributed by atoms with Crippen LogP contribution in [0.1, 0.15) is 50.5 Å². The SMILES string of the molecule is CN=C(NCCCN1CCCCCC1)NCc1ccc(OCC2CC2)nc1. The van der Waals surface area contributed by atoms with Gasteiger partial charge in [-0.3, -0.25) is 4.99 Å². The van der Waals surface area contributed by atoms with Gasteiger partial charge in [0.25, 0.3) is 0 Å². The number of nitrogens with one attached hydrogen (secondary N) is 2. The van der Waals surface area contributed by atoms with Crippen LogP contribution in [0.4, 0.5) is 0 Å². The first kappa shape index (κ1) is 19.9. The molecule has 0 aromatic carbocycles. The predicted octanol–water partition coefficient (Wildman–Crippen LogP) is 2.80. The lowest BCUT2D eigenvalue weighted by molar-refractivity contribution is 0.282. The Morgan fingerprint density at radius 1 is 1.19 bits per heavy atom. The Balaban J connectivity index is 1.30. The predicted molar refractivity (Wildman–Crippen MR) is 110 cm³/mol. The molecule has 1 saturated heterocycles. The summed E-state index contributed by atoms with van der Waals surface area (Å²) in [5, 5.41) is 6.77. The van der Waals surface area contributed by atoms with Crippen LogP contribution in [0.5, 0.6) is 5.88 Å². The number of rotatable bonds is 9. The highest BCUT2D eigenvalue weighted by molar-refractivity contribution is 5.79. The van der Waals surface area contributed by atoms with Crippen molar-refractivity contribution in [2.75, 3.05) is 39.8 Å². The van der Waals surface area contributed by atoms with Crippen LogP contribution in [0.25, 0.3) is 0 Å². The summed E-state index contributed by atoms with van der Waals surface area (Å²) in [5.41, 5.74) is 1.13. The molecular weight excluding hydrogens is 338 g/mol. The molecule has 1 aromatic heterocycles. The number of nitrogens with zero attached hydrogens (tertiary/aromatic N) is 3. The van der Waals surface area contributed by atoms with Crippen LogP contribution in [0.15, 0.2) is 23.3 Å². The first-order chi connectivity index (χ1) is 13.3. The maximum absolute atomic E-state index is 5.68. The van der Waals surface area contributed by atoms with Gasteiger partial charge in [-0.15, -0.1) is 0 Å². The van der Waals surface area contributed by atoms with E-state index in [1.165, 1.54) is 58.2 Å². The smallest absolute Gasteiger partial charge is 0.213 e. The van der Waals surface area contributed by atoms with Crippen molar-refractivity contribution in [1.82, 2.24) is 20.5 Å². The van der Waals surface area contributed by atoms with Crippen LogP contribution in [-0.2, 0) is 6.54 Å². The summed E-state index contributed by atoms with van der Waals surface area (Å²) in [7, 11) is 1.82. The van der Waals surface area contributed by atoms with E-state index in [4.69, 9.17) is 4.74 Å². The number of pyridine rings is 1. The van der Waals surface area contributed by atoms with Crippen LogP contribution in [-0.4, -0.2) is 55.7 Å². The van der Waals surface area contributed by atoms with Gasteiger partial charge in [-0.05, 0) is 63.2 Å². The lowest BCUT2D eigenvalue weighted by Crippen LogP contribution is -2.38. The molecular formula is C21H35N5O. The number of likely N-dealkylation sites (tertiary alicyclic amines) is 1. The molecule has 0 atom stereocenters. The normalized spacial score (nSPS) is 18.8. The summed E-state index contributed by atoms with van der Waals surface area (Å²) in [5.74, 6) is 2.32. The summed E-state index contributed by atoms with van der Waals surface area (Å²) in [4.78, 5) is 11.3. The highest BCUT2D eigenvalue weighted by Crippen LogP contribution is 2.29. The lowest BCUT2D eigenvalue weighted by atomic mass is 10.2. The van der Waals surface area contributed by atoms with Gasteiger partial charge < -0.3 is 20.3 Å². The van der Waals surface area contributed by atoms with Gasteiger partial charge in [-0.2, -0.15) is 0 Å². The fraction of sp³-hybridized carbons (Fsp3) is 0.714. The molecule has 6 heteroatoms. The molecule has 1 aromatic rings. The van der Waals surface area contributed by atoms with E-state index in [0.29, 0.717) is 6.54 Å². The number of ether oxygens (including phenoxy) is 1. The molecule has 2 heterocycles. The van der Waals surface area contributed by atoms with E-state index < -0.39 is 0 Å². The lowest BCUT2D eigenvalue weighted by Gasteiger charge is -2.20. The maximum Gasteiger partial charge on any atom is 0.213 e. The second-order valence-electron chi connectivity index (χ2n) is 7.72. The van der Waals surface area contributed by atoms with Gasteiger partial charge >= 0.3 is 0 Å². The van der Waals surface area contributed by atoms with Gasteiger partial charge in [0.15, 0.2) is 5.96 Å². The molecule has 0 spiro atoms. The van der Waals surface area contributed by atoms with Crippen molar-refractivity contribution in [3.8, 4) is 5.88 Å². The van der Waals surface area contributed by atoms with E-state index in [-0.39, 0.29) is 0 Å². The van der Waals surface area contributed by atoms with Crippen molar-refractivity contribution in [1.29, 1.82) is 0 Å². The summed E-state index contributed by atoms with van der Waals surface area (Å²) in [6.45, 7) is 6.17. The summed E-state index contributed by atoms with van der Waals surface area (Å²) >= 11 is 0. The van der Waals surface area contributed by atoms with Crippen molar-refractivity contribution in [2.24, 2.45) is 10.9 Å². The average molecular weight is 374 g/mol. The molecule has 3 rings (SSSR count). The standard InChI is InChI=1S/C21H35N5O/c1-22-21(23-11-6-14-26-12-4-2-3-5-13-26)25-16-19-9-10-20(24-15-19)27-17-18-7-8-18/h9-10,15,18H,2-8,11-14,16-17H2,1H3,(H2,22,23,25). The molecule has 0 amide bonds. The number of hydrogen-bond acceptors (Lipinski definition) is 4. The van der Waals surface area contributed by atoms with Crippen molar-refractivity contribution in [3.05, 3.63) is 23.9 Å². The average Bonchev–Trinajstić information content (AvgIpc) is 3.54. The van der Waals surface area contributed by atoms with E-state index in [2.05, 4.69) is 31.6 Å². The molecule has 1 aliphatic carbocycles. The second-order valence-corrected chi connectivity index (χ2v) is 7.72. The van der Waals surface area contributed by atoms with Crippen molar-refractivity contribution in [3.63, 3.8) is 0 Å². The molecule has 2 aliphatic rings. The minimum absolute atomic E-state index is 0.710. The largest absolute Gasteiger partial charge is 0.477 e. The summed E-state index contributed by atoms with van der Waals surface area (Å²) < 4.78 is 5.68. The molecule has 150 valence electrons. The van der Waals surface area contributed by atoms with Crippen LogP contribution in [0.2, 0.25) is 0 Å². The maximum atomic E-state index is 5.68. The molecule has 1 saturated carbocycles. The minimum Gasteiger partial charge on any atom is -0.477 e. The molecule has 0 radical (unpaired) electrons. The Morgan fingerprint density at radius 2 is 2.00 bits per heavy atom. The fourth-order valence-corrected chi connectivity index (χ4v) is 3.36. The first-order valence-corrected chi connectivity index (χ1v) is 10.6.